The second kappa shape index (κ2) is 6.36. The van der Waals surface area contributed by atoms with Crippen molar-refractivity contribution in [2.75, 3.05) is 0 Å². The van der Waals surface area contributed by atoms with Crippen LogP contribution in [-0.4, -0.2) is 33.1 Å². The largest absolute Gasteiger partial charge is 0.392 e. The van der Waals surface area contributed by atoms with Gasteiger partial charge in [0.2, 0.25) is 0 Å². The van der Waals surface area contributed by atoms with Crippen molar-refractivity contribution in [1.29, 1.82) is 0 Å². The van der Waals surface area contributed by atoms with Crippen LogP contribution in [0.1, 0.15) is 75.4 Å². The summed E-state index contributed by atoms with van der Waals surface area (Å²) in [6.45, 7) is 0. The highest BCUT2D eigenvalue weighted by Crippen LogP contribution is 2.38. The molecule has 0 spiro atoms. The second-order valence-corrected chi connectivity index (χ2v) is 7.59. The standard InChI is InChI=1S/C18H27N3O2/c22-17-3-1-2-16(17)19-13-6-8-14(9-7-13)21-18(23)11-10-15(20-21)12-4-5-12/h10-14,16-17,19,22H,1-9H2. The minimum Gasteiger partial charge on any atom is -0.392 e. The Labute approximate surface area is 137 Å². The van der Waals surface area contributed by atoms with Gasteiger partial charge >= 0.3 is 0 Å². The number of aliphatic hydroxyl groups is 1. The van der Waals surface area contributed by atoms with Gasteiger partial charge in [-0.05, 0) is 63.9 Å². The van der Waals surface area contributed by atoms with Gasteiger partial charge in [-0.25, -0.2) is 4.68 Å². The van der Waals surface area contributed by atoms with Gasteiger partial charge in [-0.2, -0.15) is 5.10 Å². The molecule has 3 saturated carbocycles. The molecular formula is C18H27N3O2. The summed E-state index contributed by atoms with van der Waals surface area (Å²) in [7, 11) is 0. The van der Waals surface area contributed by atoms with E-state index in [1.807, 2.05) is 6.07 Å². The Balaban J connectivity index is 1.37. The van der Waals surface area contributed by atoms with Crippen LogP contribution in [0.5, 0.6) is 0 Å². The molecule has 0 aromatic carbocycles. The number of hydrogen-bond acceptors (Lipinski definition) is 4. The topological polar surface area (TPSA) is 67.2 Å². The van der Waals surface area contributed by atoms with Gasteiger partial charge < -0.3 is 10.4 Å². The first-order valence-corrected chi connectivity index (χ1v) is 9.24. The molecule has 5 nitrogen and oxygen atoms in total. The summed E-state index contributed by atoms with van der Waals surface area (Å²) in [5.74, 6) is 0.587. The zero-order valence-electron chi connectivity index (χ0n) is 13.7. The average molecular weight is 317 g/mol. The third-order valence-electron chi connectivity index (χ3n) is 5.81. The van der Waals surface area contributed by atoms with Crippen LogP contribution in [-0.2, 0) is 0 Å². The number of aliphatic hydroxyl groups excluding tert-OH is 1. The molecule has 0 amide bonds. The van der Waals surface area contributed by atoms with Gasteiger partial charge in [-0.1, -0.05) is 0 Å². The van der Waals surface area contributed by atoms with E-state index in [1.54, 1.807) is 10.7 Å². The molecule has 3 aliphatic carbocycles. The first kappa shape index (κ1) is 15.3. The minimum absolute atomic E-state index is 0.0389. The maximum absolute atomic E-state index is 12.2. The van der Waals surface area contributed by atoms with Crippen molar-refractivity contribution in [2.24, 2.45) is 0 Å². The molecule has 0 aliphatic heterocycles. The van der Waals surface area contributed by atoms with E-state index in [0.717, 1.165) is 50.6 Å². The summed E-state index contributed by atoms with van der Waals surface area (Å²) in [6, 6.07) is 4.60. The Bertz CT molecular complexity index is 603. The van der Waals surface area contributed by atoms with Gasteiger partial charge in [0.15, 0.2) is 0 Å². The monoisotopic (exact) mass is 317 g/mol. The van der Waals surface area contributed by atoms with Gasteiger partial charge in [0.05, 0.1) is 17.8 Å². The molecule has 2 N–H and O–H groups in total. The van der Waals surface area contributed by atoms with E-state index < -0.39 is 0 Å². The fourth-order valence-electron chi connectivity index (χ4n) is 4.22. The smallest absolute Gasteiger partial charge is 0.267 e. The molecule has 2 atom stereocenters. The third-order valence-corrected chi connectivity index (χ3v) is 5.81. The number of aromatic nitrogens is 2. The van der Waals surface area contributed by atoms with E-state index in [0.29, 0.717) is 12.0 Å². The van der Waals surface area contributed by atoms with Crippen molar-refractivity contribution in [3.8, 4) is 0 Å². The van der Waals surface area contributed by atoms with Crippen molar-refractivity contribution < 1.29 is 5.11 Å². The van der Waals surface area contributed by atoms with E-state index in [2.05, 4.69) is 10.4 Å². The third kappa shape index (κ3) is 3.36. The van der Waals surface area contributed by atoms with E-state index in [-0.39, 0.29) is 23.7 Å². The van der Waals surface area contributed by atoms with E-state index >= 15 is 0 Å². The van der Waals surface area contributed by atoms with Crippen LogP contribution >= 0.6 is 0 Å². The average Bonchev–Trinajstić information content (AvgIpc) is 3.33. The molecule has 1 aromatic rings. The predicted octanol–water partition coefficient (Wildman–Crippen LogP) is 2.11. The Hall–Kier alpha value is -1.20. The van der Waals surface area contributed by atoms with Crippen molar-refractivity contribution in [1.82, 2.24) is 15.1 Å². The van der Waals surface area contributed by atoms with E-state index in [1.165, 1.54) is 12.8 Å². The fourth-order valence-corrected chi connectivity index (χ4v) is 4.22. The molecule has 0 radical (unpaired) electrons. The van der Waals surface area contributed by atoms with Gasteiger partial charge in [-0.3, -0.25) is 4.79 Å². The Morgan fingerprint density at radius 1 is 1.04 bits per heavy atom. The summed E-state index contributed by atoms with van der Waals surface area (Å²) in [6.07, 6.45) is 9.53. The summed E-state index contributed by atoms with van der Waals surface area (Å²) in [4.78, 5) is 12.2. The van der Waals surface area contributed by atoms with Crippen molar-refractivity contribution in [2.45, 2.75) is 87.9 Å². The highest BCUT2D eigenvalue weighted by molar-refractivity contribution is 5.13. The SMILES string of the molecule is O=c1ccc(C2CC2)nn1C1CCC(NC2CCCC2O)CC1. The first-order chi connectivity index (χ1) is 11.2. The second-order valence-electron chi connectivity index (χ2n) is 7.59. The summed E-state index contributed by atoms with van der Waals surface area (Å²) in [5, 5.41) is 18.2. The maximum atomic E-state index is 12.2. The number of nitrogens with one attached hydrogen (secondary N) is 1. The zero-order chi connectivity index (χ0) is 15.8. The lowest BCUT2D eigenvalue weighted by molar-refractivity contribution is 0.134. The molecule has 2 unspecified atom stereocenters. The molecule has 1 aromatic heterocycles. The lowest BCUT2D eigenvalue weighted by Crippen LogP contribution is -2.44. The van der Waals surface area contributed by atoms with Crippen LogP contribution in [0.2, 0.25) is 0 Å². The first-order valence-electron chi connectivity index (χ1n) is 9.24. The fraction of sp³-hybridized carbons (Fsp3) is 0.778. The number of nitrogens with zero attached hydrogens (tertiary/aromatic N) is 2. The molecule has 5 heteroatoms. The molecule has 0 bridgehead atoms. The summed E-state index contributed by atoms with van der Waals surface area (Å²) in [5.41, 5.74) is 1.14. The van der Waals surface area contributed by atoms with Gasteiger partial charge in [0.25, 0.3) is 5.56 Å². The quantitative estimate of drug-likeness (QED) is 0.892. The molecular weight excluding hydrogens is 290 g/mol. The van der Waals surface area contributed by atoms with Crippen LogP contribution in [0.25, 0.3) is 0 Å². The highest BCUT2D eigenvalue weighted by atomic mass is 16.3. The number of rotatable bonds is 4. The van der Waals surface area contributed by atoms with Crippen LogP contribution in [0.3, 0.4) is 0 Å². The van der Waals surface area contributed by atoms with Crippen molar-refractivity contribution in [3.05, 3.63) is 28.2 Å². The van der Waals surface area contributed by atoms with Crippen LogP contribution in [0, 0.1) is 0 Å². The van der Waals surface area contributed by atoms with Crippen molar-refractivity contribution >= 4 is 0 Å². The molecule has 3 aliphatic rings. The molecule has 0 saturated heterocycles. The van der Waals surface area contributed by atoms with Crippen LogP contribution < -0.4 is 10.9 Å². The molecule has 3 fully saturated rings. The summed E-state index contributed by atoms with van der Waals surface area (Å²) >= 11 is 0. The Morgan fingerprint density at radius 3 is 2.48 bits per heavy atom. The van der Waals surface area contributed by atoms with E-state index in [4.69, 9.17) is 0 Å². The highest BCUT2D eigenvalue weighted by Gasteiger charge is 2.31. The summed E-state index contributed by atoms with van der Waals surface area (Å²) < 4.78 is 1.74. The van der Waals surface area contributed by atoms with E-state index in [9.17, 15) is 9.90 Å². The molecule has 1 heterocycles. The minimum atomic E-state index is -0.174. The molecule has 4 rings (SSSR count). The Kier molecular flexibility index (Phi) is 4.24. The van der Waals surface area contributed by atoms with Gasteiger partial charge in [0.1, 0.15) is 0 Å². The Morgan fingerprint density at radius 2 is 1.83 bits per heavy atom. The molecule has 23 heavy (non-hydrogen) atoms. The maximum Gasteiger partial charge on any atom is 0.267 e. The van der Waals surface area contributed by atoms with Gasteiger partial charge in [-0.15, -0.1) is 0 Å². The predicted molar refractivity (Wildman–Crippen MR) is 88.5 cm³/mol. The number of hydrogen-bond donors (Lipinski definition) is 2. The van der Waals surface area contributed by atoms with Crippen LogP contribution in [0.15, 0.2) is 16.9 Å². The lowest BCUT2D eigenvalue weighted by atomic mass is 9.90. The van der Waals surface area contributed by atoms with Gasteiger partial charge in [0, 0.05) is 24.1 Å². The normalized spacial score (nSPS) is 34.7. The van der Waals surface area contributed by atoms with Crippen LogP contribution in [0.4, 0.5) is 0 Å². The lowest BCUT2D eigenvalue weighted by Gasteiger charge is -2.32. The molecule has 126 valence electrons. The van der Waals surface area contributed by atoms with Crippen molar-refractivity contribution in [3.63, 3.8) is 0 Å². The zero-order valence-corrected chi connectivity index (χ0v) is 13.7.